The number of aliphatic hydroxyl groups is 1. The van der Waals surface area contributed by atoms with Crippen molar-refractivity contribution in [3.63, 3.8) is 0 Å². The monoisotopic (exact) mass is 338 g/mol. The summed E-state index contributed by atoms with van der Waals surface area (Å²) in [6.45, 7) is 2.25. The number of guanidine groups is 1. The number of nitrogens with two attached hydrogens (primary N) is 2. The van der Waals surface area contributed by atoms with Crippen LogP contribution in [-0.2, 0) is 14.8 Å². The molecule has 0 fully saturated rings. The molecule has 0 radical (unpaired) electrons. The molecule has 0 spiro atoms. The van der Waals surface area contributed by atoms with Crippen molar-refractivity contribution in [1.29, 1.82) is 5.41 Å². The van der Waals surface area contributed by atoms with Gasteiger partial charge in [0.1, 0.15) is 0 Å². The van der Waals surface area contributed by atoms with Gasteiger partial charge in [-0.1, -0.05) is 13.0 Å². The zero-order valence-electron chi connectivity index (χ0n) is 12.9. The predicted molar refractivity (Wildman–Crippen MR) is 84.8 cm³/mol. The Balaban J connectivity index is 0. The molecule has 9 nitrogen and oxygen atoms in total. The minimum Gasteiger partial charge on any atom is -0.478 e. The fourth-order valence-electron chi connectivity index (χ4n) is 1.44. The second-order valence-electron chi connectivity index (χ2n) is 4.57. The number of hydrogen-bond acceptors (Lipinski definition) is 5. The minimum atomic E-state index is -3.19. The molecule has 1 aliphatic rings. The van der Waals surface area contributed by atoms with Gasteiger partial charge in [0.25, 0.3) is 0 Å². The Hall–Kier alpha value is -1.65. The Morgan fingerprint density at radius 2 is 1.95 bits per heavy atom. The molecule has 0 amide bonds. The van der Waals surface area contributed by atoms with Gasteiger partial charge in [-0.2, -0.15) is 0 Å². The molecule has 0 aliphatic heterocycles. The summed E-state index contributed by atoms with van der Waals surface area (Å²) in [5.74, 6) is -1.25. The van der Waals surface area contributed by atoms with Crippen LogP contribution in [0.25, 0.3) is 0 Å². The van der Waals surface area contributed by atoms with Crippen LogP contribution in [0.3, 0.4) is 0 Å². The Morgan fingerprint density at radius 1 is 1.50 bits per heavy atom. The van der Waals surface area contributed by atoms with Gasteiger partial charge < -0.3 is 21.7 Å². The van der Waals surface area contributed by atoms with E-state index in [1.165, 1.54) is 0 Å². The van der Waals surface area contributed by atoms with E-state index in [9.17, 15) is 13.2 Å². The van der Waals surface area contributed by atoms with Crippen LogP contribution in [0.1, 0.15) is 32.6 Å². The maximum Gasteiger partial charge on any atom is 0.331 e. The van der Waals surface area contributed by atoms with E-state index >= 15 is 0 Å². The van der Waals surface area contributed by atoms with Gasteiger partial charge in [0, 0.05) is 18.2 Å². The zero-order valence-corrected chi connectivity index (χ0v) is 13.7. The van der Waals surface area contributed by atoms with Crippen LogP contribution in [0.5, 0.6) is 0 Å². The number of hydrogen-bond donors (Lipinski definition) is 6. The Bertz CT molecular complexity index is 470. The number of rotatable bonds is 4. The molecule has 10 heteroatoms. The summed E-state index contributed by atoms with van der Waals surface area (Å²) in [6.07, 6.45) is 4.97. The van der Waals surface area contributed by atoms with Crippen LogP contribution < -0.4 is 16.2 Å². The number of aliphatic hydroxyl groups excluding tert-OH is 1. The van der Waals surface area contributed by atoms with Crippen molar-refractivity contribution in [2.75, 3.05) is 12.9 Å². The summed E-state index contributed by atoms with van der Waals surface area (Å²) in [5, 5.41) is 22.6. The molecule has 22 heavy (non-hydrogen) atoms. The van der Waals surface area contributed by atoms with Gasteiger partial charge in [0.05, 0.1) is 6.26 Å². The third-order valence-corrected chi connectivity index (χ3v) is 3.05. The van der Waals surface area contributed by atoms with Crippen LogP contribution in [0.2, 0.25) is 0 Å². The number of carboxylic acids is 1. The highest BCUT2D eigenvalue weighted by atomic mass is 32.2. The van der Waals surface area contributed by atoms with Crippen LogP contribution in [0, 0.1) is 5.41 Å². The first-order valence-electron chi connectivity index (χ1n) is 6.63. The van der Waals surface area contributed by atoms with E-state index in [-0.39, 0.29) is 12.0 Å². The Kier molecular flexibility index (Phi) is 12.3. The lowest BCUT2D eigenvalue weighted by Crippen LogP contribution is -2.35. The average Bonchev–Trinajstić information content (AvgIpc) is 2.37. The maximum absolute atomic E-state index is 10.9. The number of carbonyl (C=O) groups is 1. The summed E-state index contributed by atoms with van der Waals surface area (Å²) in [4.78, 5) is 10.5. The first-order valence-corrected chi connectivity index (χ1v) is 8.52. The highest BCUT2D eigenvalue weighted by molar-refractivity contribution is 7.88. The zero-order chi connectivity index (χ0) is 17.8. The summed E-state index contributed by atoms with van der Waals surface area (Å²) >= 11 is 0. The highest BCUT2D eigenvalue weighted by Crippen LogP contribution is 2.18. The predicted octanol–water partition coefficient (Wildman–Crippen LogP) is -0.674. The van der Waals surface area contributed by atoms with Crippen molar-refractivity contribution >= 4 is 22.0 Å². The number of carboxylic acid groups (broad SMARTS) is 1. The highest BCUT2D eigenvalue weighted by Gasteiger charge is 2.20. The van der Waals surface area contributed by atoms with Gasteiger partial charge in [0.2, 0.25) is 10.0 Å². The first kappa shape index (κ1) is 22.6. The van der Waals surface area contributed by atoms with Gasteiger partial charge in [0.15, 0.2) is 5.96 Å². The molecule has 130 valence electrons. The van der Waals surface area contributed by atoms with Crippen molar-refractivity contribution < 1.29 is 23.4 Å². The van der Waals surface area contributed by atoms with E-state index in [0.29, 0.717) is 31.4 Å². The molecule has 0 saturated carbocycles. The smallest absolute Gasteiger partial charge is 0.331 e. The van der Waals surface area contributed by atoms with Crippen LogP contribution >= 0.6 is 0 Å². The van der Waals surface area contributed by atoms with Crippen molar-refractivity contribution in [2.45, 2.75) is 38.6 Å². The topological polar surface area (TPSA) is 180 Å². The molecule has 0 bridgehead atoms. The van der Waals surface area contributed by atoms with Crippen molar-refractivity contribution in [3.8, 4) is 0 Å². The molecule has 0 aromatic carbocycles. The van der Waals surface area contributed by atoms with Gasteiger partial charge >= 0.3 is 5.97 Å². The van der Waals surface area contributed by atoms with Crippen LogP contribution in [-0.4, -0.2) is 49.5 Å². The fourth-order valence-corrected chi connectivity index (χ4v) is 2.26. The van der Waals surface area contributed by atoms with E-state index < -0.39 is 16.0 Å². The second kappa shape index (κ2) is 12.0. The normalized spacial score (nSPS) is 17.0. The quantitative estimate of drug-likeness (QED) is 0.290. The van der Waals surface area contributed by atoms with Gasteiger partial charge in [-0.3, -0.25) is 5.41 Å². The molecule has 1 rings (SSSR count). The minimum absolute atomic E-state index is 0.159. The number of aliphatic carboxylic acids is 1. The number of sulfonamides is 1. The summed E-state index contributed by atoms with van der Waals surface area (Å²) in [7, 11) is -3.19. The largest absolute Gasteiger partial charge is 0.478 e. The standard InChI is InChI=1S/C8H13NO4S.C3H8O.CH5N3/c1-14(12,13)9-7-4-2-6(3-5-7)8(10)11;1-2-3-4;2-1(3)4/h2,7,9H,3-5H2,1H3,(H,10,11);4H,2-3H2,1H3;(H5,2,3,4). The summed E-state index contributed by atoms with van der Waals surface area (Å²) in [6, 6.07) is -0.159. The molecule has 0 aromatic heterocycles. The van der Waals surface area contributed by atoms with E-state index in [0.717, 1.165) is 12.7 Å². The van der Waals surface area contributed by atoms with Crippen LogP contribution in [0.15, 0.2) is 11.6 Å². The SMILES string of the molecule is CCCO.CS(=O)(=O)NC1CC=C(C(=O)O)CC1.N=C(N)N. The summed E-state index contributed by atoms with van der Waals surface area (Å²) < 4.78 is 24.2. The van der Waals surface area contributed by atoms with E-state index in [4.69, 9.17) is 15.6 Å². The first-order chi connectivity index (χ1) is 10.0. The lowest BCUT2D eigenvalue weighted by Gasteiger charge is -2.20. The Labute approximate surface area is 130 Å². The molecule has 8 N–H and O–H groups in total. The number of nitrogens with one attached hydrogen (secondary N) is 2. The lowest BCUT2D eigenvalue weighted by molar-refractivity contribution is -0.132. The molecule has 1 unspecified atom stereocenters. The Morgan fingerprint density at radius 3 is 2.18 bits per heavy atom. The van der Waals surface area contributed by atoms with Gasteiger partial charge in [-0.25, -0.2) is 17.9 Å². The molecular weight excluding hydrogens is 312 g/mol. The van der Waals surface area contributed by atoms with Crippen molar-refractivity contribution in [1.82, 2.24) is 4.72 Å². The molecule has 1 atom stereocenters. The molecule has 0 aromatic rings. The van der Waals surface area contributed by atoms with E-state index in [2.05, 4.69) is 16.2 Å². The molecule has 0 saturated heterocycles. The molecular formula is C12H26N4O5S. The lowest BCUT2D eigenvalue weighted by atomic mass is 9.96. The third-order valence-electron chi connectivity index (χ3n) is 2.29. The van der Waals surface area contributed by atoms with Crippen molar-refractivity contribution in [2.24, 2.45) is 11.5 Å². The molecule has 0 heterocycles. The van der Waals surface area contributed by atoms with Gasteiger partial charge in [-0.15, -0.1) is 0 Å². The van der Waals surface area contributed by atoms with Crippen molar-refractivity contribution in [3.05, 3.63) is 11.6 Å². The van der Waals surface area contributed by atoms with Crippen LogP contribution in [0.4, 0.5) is 0 Å². The van der Waals surface area contributed by atoms with Gasteiger partial charge in [-0.05, 0) is 25.7 Å². The van der Waals surface area contributed by atoms with E-state index in [1.807, 2.05) is 6.92 Å². The average molecular weight is 338 g/mol. The molecule has 1 aliphatic carbocycles. The second-order valence-corrected chi connectivity index (χ2v) is 6.35. The third kappa shape index (κ3) is 16.4. The fraction of sp³-hybridized carbons (Fsp3) is 0.667. The maximum atomic E-state index is 10.9. The summed E-state index contributed by atoms with van der Waals surface area (Å²) in [5.41, 5.74) is 9.32. The van der Waals surface area contributed by atoms with E-state index in [1.54, 1.807) is 6.08 Å².